The number of nitrogens with zero attached hydrogens (tertiary/aromatic N) is 2. The summed E-state index contributed by atoms with van der Waals surface area (Å²) in [7, 11) is 1.57. The summed E-state index contributed by atoms with van der Waals surface area (Å²) in [6, 6.07) is 12.9. The number of amides is 1. The van der Waals surface area contributed by atoms with Crippen molar-refractivity contribution in [2.45, 2.75) is 19.5 Å². The van der Waals surface area contributed by atoms with Gasteiger partial charge >= 0.3 is 12.1 Å². The second-order valence-electron chi connectivity index (χ2n) is 6.90. The van der Waals surface area contributed by atoms with Crippen molar-refractivity contribution >= 4 is 11.9 Å². The summed E-state index contributed by atoms with van der Waals surface area (Å²) in [6.45, 7) is 1.78. The van der Waals surface area contributed by atoms with Gasteiger partial charge in [-0.2, -0.15) is 18.3 Å². The Morgan fingerprint density at radius 1 is 1.09 bits per heavy atom. The van der Waals surface area contributed by atoms with Gasteiger partial charge in [-0.25, -0.2) is 9.48 Å². The molecule has 0 saturated carbocycles. The average molecular weight is 461 g/mol. The highest BCUT2D eigenvalue weighted by Gasteiger charge is 2.41. The molecule has 1 N–H and O–H groups in total. The van der Waals surface area contributed by atoms with Crippen LogP contribution in [0.4, 0.5) is 13.2 Å². The molecular formula is C23H22F3N3O4. The molecule has 0 saturated heterocycles. The fourth-order valence-corrected chi connectivity index (χ4v) is 3.25. The monoisotopic (exact) mass is 461 g/mol. The third-order valence-electron chi connectivity index (χ3n) is 4.78. The third-order valence-corrected chi connectivity index (χ3v) is 4.78. The van der Waals surface area contributed by atoms with Gasteiger partial charge in [0.15, 0.2) is 5.69 Å². The molecule has 3 aromatic rings. The minimum absolute atomic E-state index is 0.0449. The van der Waals surface area contributed by atoms with Gasteiger partial charge in [0.25, 0.3) is 5.91 Å². The number of carbonyl (C=O) groups is 2. The first-order valence-corrected chi connectivity index (χ1v) is 10.1. The fraction of sp³-hybridized carbons (Fsp3) is 0.261. The lowest BCUT2D eigenvalue weighted by atomic mass is 10.1. The largest absolute Gasteiger partial charge is 0.496 e. The lowest BCUT2D eigenvalue weighted by Crippen LogP contribution is -2.25. The van der Waals surface area contributed by atoms with Gasteiger partial charge in [0, 0.05) is 12.1 Å². The van der Waals surface area contributed by atoms with Crippen LogP contribution >= 0.6 is 0 Å². The molecule has 3 rings (SSSR count). The Hall–Kier alpha value is -3.82. The highest BCUT2D eigenvalue weighted by molar-refractivity contribution is 5.94. The second-order valence-corrected chi connectivity index (χ2v) is 6.90. The molecule has 0 fully saturated rings. The number of ether oxygens (including phenoxy) is 2. The van der Waals surface area contributed by atoms with E-state index in [0.717, 1.165) is 17.5 Å². The molecule has 2 aromatic carbocycles. The van der Waals surface area contributed by atoms with Crippen molar-refractivity contribution in [3.05, 3.63) is 77.1 Å². The minimum Gasteiger partial charge on any atom is -0.496 e. The number of para-hydroxylation sites is 1. The van der Waals surface area contributed by atoms with E-state index >= 15 is 0 Å². The quantitative estimate of drug-likeness (QED) is 0.512. The van der Waals surface area contributed by atoms with Crippen LogP contribution in [0.15, 0.2) is 54.7 Å². The standard InChI is InChI=1S/C23H22F3N3O4/c1-3-33-22(31)18-14-28-29(20(18)23(24,25)26)17-10-8-16(9-11-17)21(30)27-13-12-15-6-4-5-7-19(15)32-2/h4-11,14H,3,12-13H2,1-2H3,(H,27,30). The Morgan fingerprint density at radius 3 is 2.42 bits per heavy atom. The van der Waals surface area contributed by atoms with Gasteiger partial charge in [0.2, 0.25) is 0 Å². The molecule has 0 aliphatic carbocycles. The third kappa shape index (κ3) is 5.51. The molecule has 0 unspecified atom stereocenters. The van der Waals surface area contributed by atoms with Crippen molar-refractivity contribution in [2.75, 3.05) is 20.3 Å². The zero-order valence-corrected chi connectivity index (χ0v) is 18.0. The van der Waals surface area contributed by atoms with Crippen LogP contribution in [0.3, 0.4) is 0 Å². The van der Waals surface area contributed by atoms with Crippen LogP contribution in [0.25, 0.3) is 5.69 Å². The molecule has 0 atom stereocenters. The van der Waals surface area contributed by atoms with Gasteiger partial charge in [-0.1, -0.05) is 18.2 Å². The Labute approximate surface area is 188 Å². The Balaban J connectivity index is 1.73. The van der Waals surface area contributed by atoms with E-state index in [4.69, 9.17) is 9.47 Å². The number of hydrogen-bond donors (Lipinski definition) is 1. The molecular weight excluding hydrogens is 439 g/mol. The molecule has 10 heteroatoms. The Bertz CT molecular complexity index is 1120. The number of hydrogen-bond acceptors (Lipinski definition) is 5. The molecule has 1 heterocycles. The Morgan fingerprint density at radius 2 is 1.79 bits per heavy atom. The number of benzene rings is 2. The van der Waals surface area contributed by atoms with Crippen LogP contribution in [0.5, 0.6) is 5.75 Å². The smallest absolute Gasteiger partial charge is 0.434 e. The first kappa shape index (κ1) is 23.8. The normalized spacial score (nSPS) is 11.2. The maximum Gasteiger partial charge on any atom is 0.434 e. The summed E-state index contributed by atoms with van der Waals surface area (Å²) in [6.07, 6.45) is -3.47. The number of aromatic nitrogens is 2. The predicted molar refractivity (Wildman–Crippen MR) is 114 cm³/mol. The molecule has 0 radical (unpaired) electrons. The number of halogens is 3. The number of methoxy groups -OCH3 is 1. The molecule has 0 spiro atoms. The van der Waals surface area contributed by atoms with E-state index in [2.05, 4.69) is 10.4 Å². The van der Waals surface area contributed by atoms with Crippen molar-refractivity contribution in [2.24, 2.45) is 0 Å². The lowest BCUT2D eigenvalue weighted by Gasteiger charge is -2.13. The molecule has 0 aliphatic rings. The van der Waals surface area contributed by atoms with Gasteiger partial charge in [0.1, 0.15) is 11.3 Å². The molecule has 174 valence electrons. The van der Waals surface area contributed by atoms with Gasteiger partial charge in [-0.15, -0.1) is 0 Å². The second kappa shape index (κ2) is 10.2. The molecule has 0 bridgehead atoms. The number of carbonyl (C=O) groups excluding carboxylic acids is 2. The van der Waals surface area contributed by atoms with E-state index in [9.17, 15) is 22.8 Å². The minimum atomic E-state index is -4.84. The lowest BCUT2D eigenvalue weighted by molar-refractivity contribution is -0.143. The summed E-state index contributed by atoms with van der Waals surface area (Å²) < 4.78 is 51.5. The molecule has 33 heavy (non-hydrogen) atoms. The zero-order chi connectivity index (χ0) is 24.0. The van der Waals surface area contributed by atoms with Crippen LogP contribution in [0.2, 0.25) is 0 Å². The summed E-state index contributed by atoms with van der Waals surface area (Å²) >= 11 is 0. The predicted octanol–water partition coefficient (Wildman–Crippen LogP) is 4.05. The van der Waals surface area contributed by atoms with Crippen LogP contribution in [-0.4, -0.2) is 41.9 Å². The molecule has 1 aromatic heterocycles. The molecule has 7 nitrogen and oxygen atoms in total. The zero-order valence-electron chi connectivity index (χ0n) is 18.0. The summed E-state index contributed by atoms with van der Waals surface area (Å²) in [4.78, 5) is 24.3. The van der Waals surface area contributed by atoms with E-state index in [0.29, 0.717) is 17.6 Å². The van der Waals surface area contributed by atoms with E-state index in [1.807, 2.05) is 24.3 Å². The average Bonchev–Trinajstić information content (AvgIpc) is 3.26. The number of alkyl halides is 3. The van der Waals surface area contributed by atoms with Crippen molar-refractivity contribution in [3.8, 4) is 11.4 Å². The van der Waals surface area contributed by atoms with Crippen LogP contribution < -0.4 is 10.1 Å². The number of nitrogens with one attached hydrogen (secondary N) is 1. The molecule has 1 amide bonds. The van der Waals surface area contributed by atoms with Gasteiger partial charge < -0.3 is 14.8 Å². The summed E-state index contributed by atoms with van der Waals surface area (Å²) in [5.74, 6) is -0.764. The maximum atomic E-state index is 13.6. The topological polar surface area (TPSA) is 82.5 Å². The van der Waals surface area contributed by atoms with Gasteiger partial charge in [0.05, 0.1) is 25.6 Å². The van der Waals surface area contributed by atoms with Gasteiger partial charge in [-0.3, -0.25) is 4.79 Å². The first-order valence-electron chi connectivity index (χ1n) is 10.1. The van der Waals surface area contributed by atoms with Crippen molar-refractivity contribution in [1.82, 2.24) is 15.1 Å². The highest BCUT2D eigenvalue weighted by atomic mass is 19.4. The van der Waals surface area contributed by atoms with E-state index < -0.39 is 23.4 Å². The molecule has 0 aliphatic heterocycles. The highest BCUT2D eigenvalue weighted by Crippen LogP contribution is 2.34. The van der Waals surface area contributed by atoms with Crippen molar-refractivity contribution in [3.63, 3.8) is 0 Å². The van der Waals surface area contributed by atoms with Crippen molar-refractivity contribution in [1.29, 1.82) is 0 Å². The van der Waals surface area contributed by atoms with Crippen LogP contribution in [0.1, 0.15) is 38.9 Å². The maximum absolute atomic E-state index is 13.6. The van der Waals surface area contributed by atoms with E-state index in [-0.39, 0.29) is 23.8 Å². The van der Waals surface area contributed by atoms with Crippen LogP contribution in [-0.2, 0) is 17.3 Å². The SMILES string of the molecule is CCOC(=O)c1cnn(-c2ccc(C(=O)NCCc3ccccc3OC)cc2)c1C(F)(F)F. The number of esters is 1. The van der Waals surface area contributed by atoms with E-state index in [1.54, 1.807) is 7.11 Å². The first-order chi connectivity index (χ1) is 15.8. The van der Waals surface area contributed by atoms with Gasteiger partial charge in [-0.05, 0) is 49.2 Å². The summed E-state index contributed by atoms with van der Waals surface area (Å²) in [5.41, 5.74) is -0.669. The fourth-order valence-electron chi connectivity index (χ4n) is 3.25. The number of rotatable bonds is 8. The summed E-state index contributed by atoms with van der Waals surface area (Å²) in [5, 5.41) is 6.48. The van der Waals surface area contributed by atoms with E-state index in [1.165, 1.54) is 31.2 Å². The Kier molecular flexibility index (Phi) is 7.37. The van der Waals surface area contributed by atoms with Crippen molar-refractivity contribution < 1.29 is 32.2 Å². The van der Waals surface area contributed by atoms with Crippen LogP contribution in [0, 0.1) is 0 Å².